The third-order valence-corrected chi connectivity index (χ3v) is 6.70. The number of carbonyl (C=O) groups excluding carboxylic acids is 1. The van der Waals surface area contributed by atoms with Gasteiger partial charge in [0.05, 0.1) is 11.3 Å². The highest BCUT2D eigenvalue weighted by Crippen LogP contribution is 2.19. The first-order chi connectivity index (χ1) is 11.5. The van der Waals surface area contributed by atoms with Crippen LogP contribution in [-0.4, -0.2) is 49.7 Å². The molecular formula is C16H17FN2O3S2. The van der Waals surface area contributed by atoms with Crippen molar-refractivity contribution in [2.75, 3.05) is 26.2 Å². The van der Waals surface area contributed by atoms with Crippen LogP contribution in [0.2, 0.25) is 0 Å². The zero-order valence-corrected chi connectivity index (χ0v) is 14.5. The van der Waals surface area contributed by atoms with E-state index in [9.17, 15) is 17.6 Å². The van der Waals surface area contributed by atoms with Crippen molar-refractivity contribution in [3.8, 4) is 0 Å². The molecular weight excluding hydrogens is 351 g/mol. The molecule has 2 aromatic rings. The van der Waals surface area contributed by atoms with Gasteiger partial charge in [0.1, 0.15) is 5.82 Å². The summed E-state index contributed by atoms with van der Waals surface area (Å²) < 4.78 is 39.6. The van der Waals surface area contributed by atoms with Gasteiger partial charge >= 0.3 is 0 Å². The van der Waals surface area contributed by atoms with E-state index in [2.05, 4.69) is 0 Å². The van der Waals surface area contributed by atoms with E-state index in [4.69, 9.17) is 0 Å². The molecule has 0 aliphatic carbocycles. The molecule has 0 N–H and O–H groups in total. The van der Waals surface area contributed by atoms with Crippen molar-refractivity contribution in [3.05, 3.63) is 52.5 Å². The van der Waals surface area contributed by atoms with Crippen LogP contribution >= 0.6 is 11.3 Å². The predicted molar refractivity (Wildman–Crippen MR) is 89.8 cm³/mol. The van der Waals surface area contributed by atoms with Crippen LogP contribution in [0.25, 0.3) is 0 Å². The van der Waals surface area contributed by atoms with Crippen molar-refractivity contribution in [1.29, 1.82) is 0 Å². The van der Waals surface area contributed by atoms with Crippen LogP contribution in [0.5, 0.6) is 0 Å². The fraction of sp³-hybridized carbons (Fsp3) is 0.312. The average Bonchev–Trinajstić information content (AvgIpc) is 3.08. The number of amides is 1. The number of rotatable bonds is 4. The Bertz CT molecular complexity index is 814. The molecule has 2 heterocycles. The van der Waals surface area contributed by atoms with Gasteiger partial charge in [-0.1, -0.05) is 12.1 Å². The van der Waals surface area contributed by atoms with Crippen LogP contribution in [0.3, 0.4) is 0 Å². The van der Waals surface area contributed by atoms with E-state index in [1.54, 1.807) is 4.90 Å². The predicted octanol–water partition coefficient (Wildman–Crippen LogP) is 1.96. The minimum atomic E-state index is -3.73. The molecule has 0 saturated carbocycles. The van der Waals surface area contributed by atoms with Gasteiger partial charge in [0.2, 0.25) is 15.9 Å². The van der Waals surface area contributed by atoms with Crippen LogP contribution in [-0.2, 0) is 21.2 Å². The van der Waals surface area contributed by atoms with Crippen molar-refractivity contribution in [1.82, 2.24) is 9.21 Å². The summed E-state index contributed by atoms with van der Waals surface area (Å²) in [6.45, 7) is 1.13. The lowest BCUT2D eigenvalue weighted by molar-refractivity contribution is -0.131. The standard InChI is InChI=1S/C16H17FN2O3S2/c17-13-3-1-5-15(11-13)24(21,22)19-8-6-18(7-9-19)16(20)12-14-4-2-10-23-14/h1-5,10-11H,6-9,12H2. The third kappa shape index (κ3) is 3.66. The summed E-state index contributed by atoms with van der Waals surface area (Å²) in [5.74, 6) is -0.582. The topological polar surface area (TPSA) is 57.7 Å². The molecule has 1 saturated heterocycles. The van der Waals surface area contributed by atoms with Crippen molar-refractivity contribution < 1.29 is 17.6 Å². The van der Waals surface area contributed by atoms with E-state index in [0.717, 1.165) is 10.9 Å². The number of hydrogen-bond donors (Lipinski definition) is 0. The molecule has 3 rings (SSSR count). The Morgan fingerprint density at radius 3 is 2.50 bits per heavy atom. The van der Waals surface area contributed by atoms with Crippen molar-refractivity contribution in [2.24, 2.45) is 0 Å². The highest BCUT2D eigenvalue weighted by atomic mass is 32.2. The molecule has 1 aromatic carbocycles. The average molecular weight is 368 g/mol. The molecule has 1 aromatic heterocycles. The Hall–Kier alpha value is -1.77. The zero-order chi connectivity index (χ0) is 17.2. The van der Waals surface area contributed by atoms with Gasteiger partial charge in [-0.25, -0.2) is 12.8 Å². The number of thiophene rings is 1. The Morgan fingerprint density at radius 2 is 1.88 bits per heavy atom. The van der Waals surface area contributed by atoms with Crippen molar-refractivity contribution in [3.63, 3.8) is 0 Å². The molecule has 1 aliphatic rings. The third-order valence-electron chi connectivity index (χ3n) is 3.93. The van der Waals surface area contributed by atoms with Gasteiger partial charge in [0.15, 0.2) is 0 Å². The number of sulfonamides is 1. The first-order valence-electron chi connectivity index (χ1n) is 7.53. The van der Waals surface area contributed by atoms with Crippen LogP contribution in [0.1, 0.15) is 4.88 Å². The van der Waals surface area contributed by atoms with E-state index in [-0.39, 0.29) is 23.9 Å². The summed E-state index contributed by atoms with van der Waals surface area (Å²) >= 11 is 1.53. The first kappa shape index (κ1) is 17.1. The van der Waals surface area contributed by atoms with E-state index >= 15 is 0 Å². The summed E-state index contributed by atoms with van der Waals surface area (Å²) in [4.78, 5) is 14.9. The SMILES string of the molecule is O=C(Cc1cccs1)N1CCN(S(=O)(=O)c2cccc(F)c2)CC1. The molecule has 5 nitrogen and oxygen atoms in total. The number of nitrogens with zero attached hydrogens (tertiary/aromatic N) is 2. The van der Waals surface area contributed by atoms with E-state index < -0.39 is 15.8 Å². The van der Waals surface area contributed by atoms with Gasteiger partial charge in [0.25, 0.3) is 0 Å². The number of piperazine rings is 1. The summed E-state index contributed by atoms with van der Waals surface area (Å²) in [6, 6.07) is 8.80. The fourth-order valence-electron chi connectivity index (χ4n) is 2.63. The summed E-state index contributed by atoms with van der Waals surface area (Å²) in [6.07, 6.45) is 0.342. The molecule has 0 unspecified atom stereocenters. The van der Waals surface area contributed by atoms with E-state index in [1.165, 1.54) is 33.8 Å². The first-order valence-corrected chi connectivity index (χ1v) is 9.85. The zero-order valence-electron chi connectivity index (χ0n) is 12.9. The van der Waals surface area contributed by atoms with Crippen LogP contribution in [0.4, 0.5) is 4.39 Å². The monoisotopic (exact) mass is 368 g/mol. The lowest BCUT2D eigenvalue weighted by Crippen LogP contribution is -2.50. The van der Waals surface area contributed by atoms with E-state index in [1.807, 2.05) is 17.5 Å². The summed E-state index contributed by atoms with van der Waals surface area (Å²) in [7, 11) is -3.73. The number of carbonyl (C=O) groups is 1. The van der Waals surface area contributed by atoms with Crippen LogP contribution in [0, 0.1) is 5.82 Å². The maximum atomic E-state index is 13.3. The fourth-order valence-corrected chi connectivity index (χ4v) is 4.78. The van der Waals surface area contributed by atoms with Crippen LogP contribution < -0.4 is 0 Å². The smallest absolute Gasteiger partial charge is 0.243 e. The molecule has 0 radical (unpaired) electrons. The number of halogens is 1. The van der Waals surface area contributed by atoms with E-state index in [0.29, 0.717) is 19.5 Å². The lowest BCUT2D eigenvalue weighted by Gasteiger charge is -2.34. The second kappa shape index (κ2) is 7.00. The van der Waals surface area contributed by atoms with Gasteiger partial charge in [-0.05, 0) is 29.6 Å². The van der Waals surface area contributed by atoms with Crippen molar-refractivity contribution in [2.45, 2.75) is 11.3 Å². The van der Waals surface area contributed by atoms with Gasteiger partial charge in [-0.3, -0.25) is 4.79 Å². The molecule has 0 spiro atoms. The number of hydrogen-bond acceptors (Lipinski definition) is 4. The maximum Gasteiger partial charge on any atom is 0.243 e. The van der Waals surface area contributed by atoms with Crippen LogP contribution in [0.15, 0.2) is 46.7 Å². The molecule has 24 heavy (non-hydrogen) atoms. The highest BCUT2D eigenvalue weighted by molar-refractivity contribution is 7.89. The summed E-state index contributed by atoms with van der Waals surface area (Å²) in [5.41, 5.74) is 0. The Labute approximate surface area is 144 Å². The minimum absolute atomic E-state index is 0.000235. The largest absolute Gasteiger partial charge is 0.340 e. The highest BCUT2D eigenvalue weighted by Gasteiger charge is 2.30. The molecule has 1 amide bonds. The normalized spacial score (nSPS) is 16.3. The second-order valence-corrected chi connectivity index (χ2v) is 8.47. The number of benzene rings is 1. The maximum absolute atomic E-state index is 13.3. The molecule has 0 bridgehead atoms. The summed E-state index contributed by atoms with van der Waals surface area (Å²) in [5, 5.41) is 1.92. The second-order valence-electron chi connectivity index (χ2n) is 5.50. The quantitative estimate of drug-likeness (QED) is 0.829. The Kier molecular flexibility index (Phi) is 4.98. The van der Waals surface area contributed by atoms with Gasteiger partial charge < -0.3 is 4.90 Å². The Balaban J connectivity index is 1.63. The molecule has 8 heteroatoms. The van der Waals surface area contributed by atoms with Gasteiger partial charge in [-0.15, -0.1) is 11.3 Å². The Morgan fingerprint density at radius 1 is 1.12 bits per heavy atom. The molecule has 0 atom stereocenters. The van der Waals surface area contributed by atoms with Gasteiger partial charge in [0, 0.05) is 31.1 Å². The van der Waals surface area contributed by atoms with Crippen molar-refractivity contribution >= 4 is 27.3 Å². The molecule has 1 fully saturated rings. The van der Waals surface area contributed by atoms with Gasteiger partial charge in [-0.2, -0.15) is 4.31 Å². The lowest BCUT2D eigenvalue weighted by atomic mass is 10.3. The molecule has 1 aliphatic heterocycles. The molecule has 128 valence electrons. The minimum Gasteiger partial charge on any atom is -0.340 e.